The summed E-state index contributed by atoms with van der Waals surface area (Å²) in [6, 6.07) is 18.7. The molecule has 0 bridgehead atoms. The lowest BCUT2D eigenvalue weighted by Crippen LogP contribution is -2.33. The first-order chi connectivity index (χ1) is 9.93. The number of hydrogen-bond acceptors (Lipinski definition) is 2. The molecule has 20 heavy (non-hydrogen) atoms. The van der Waals surface area contributed by atoms with Gasteiger partial charge in [0.15, 0.2) is 0 Å². The van der Waals surface area contributed by atoms with Crippen LogP contribution in [0.15, 0.2) is 54.6 Å². The second-order valence-corrected chi connectivity index (χ2v) is 5.39. The van der Waals surface area contributed by atoms with E-state index < -0.39 is 0 Å². The number of rotatable bonds is 4. The average Bonchev–Trinajstić information content (AvgIpc) is 2.55. The molecule has 1 aliphatic rings. The molecule has 1 N–H and O–H groups in total. The highest BCUT2D eigenvalue weighted by Gasteiger charge is 2.14. The van der Waals surface area contributed by atoms with Crippen LogP contribution in [-0.4, -0.2) is 19.7 Å². The van der Waals surface area contributed by atoms with Gasteiger partial charge >= 0.3 is 0 Å². The fourth-order valence-corrected chi connectivity index (χ4v) is 2.72. The quantitative estimate of drug-likeness (QED) is 0.911. The zero-order chi connectivity index (χ0) is 13.6. The molecule has 0 radical (unpaired) electrons. The Bertz CT molecular complexity index is 532. The van der Waals surface area contributed by atoms with Crippen LogP contribution < -0.4 is 10.1 Å². The molecule has 104 valence electrons. The van der Waals surface area contributed by atoms with Crippen molar-refractivity contribution >= 4 is 0 Å². The lowest BCUT2D eigenvalue weighted by Gasteiger charge is -2.23. The molecular formula is C18H21NO. The van der Waals surface area contributed by atoms with Crippen LogP contribution in [0.2, 0.25) is 0 Å². The van der Waals surface area contributed by atoms with Crippen molar-refractivity contribution in [2.75, 3.05) is 19.7 Å². The van der Waals surface area contributed by atoms with E-state index in [0.29, 0.717) is 5.92 Å². The molecule has 0 spiro atoms. The van der Waals surface area contributed by atoms with E-state index in [9.17, 15) is 0 Å². The smallest absolute Gasteiger partial charge is 0.127 e. The lowest BCUT2D eigenvalue weighted by molar-refractivity contribution is 0.219. The predicted molar refractivity (Wildman–Crippen MR) is 83.0 cm³/mol. The van der Waals surface area contributed by atoms with Crippen LogP contribution in [0.3, 0.4) is 0 Å². The van der Waals surface area contributed by atoms with Gasteiger partial charge in [-0.25, -0.2) is 0 Å². The van der Waals surface area contributed by atoms with Gasteiger partial charge in [-0.2, -0.15) is 0 Å². The molecule has 2 nitrogen and oxygen atoms in total. The minimum absolute atomic E-state index is 0.632. The van der Waals surface area contributed by atoms with Crippen molar-refractivity contribution < 1.29 is 4.74 Å². The first-order valence-corrected chi connectivity index (χ1v) is 7.41. The maximum Gasteiger partial charge on any atom is 0.127 e. The molecule has 2 heteroatoms. The molecule has 1 saturated heterocycles. The Hall–Kier alpha value is -1.80. The molecule has 0 aromatic heterocycles. The van der Waals surface area contributed by atoms with Crippen LogP contribution in [-0.2, 0) is 0 Å². The highest BCUT2D eigenvalue weighted by atomic mass is 16.5. The van der Waals surface area contributed by atoms with Crippen molar-refractivity contribution in [2.45, 2.75) is 12.8 Å². The third kappa shape index (κ3) is 3.20. The lowest BCUT2D eigenvalue weighted by atomic mass is 10.0. The van der Waals surface area contributed by atoms with Crippen molar-refractivity contribution in [2.24, 2.45) is 5.92 Å². The van der Waals surface area contributed by atoms with Crippen LogP contribution >= 0.6 is 0 Å². The van der Waals surface area contributed by atoms with Gasteiger partial charge in [0.1, 0.15) is 5.75 Å². The van der Waals surface area contributed by atoms with Gasteiger partial charge in [0.2, 0.25) is 0 Å². The fraction of sp³-hybridized carbons (Fsp3) is 0.333. The van der Waals surface area contributed by atoms with E-state index in [-0.39, 0.29) is 0 Å². The van der Waals surface area contributed by atoms with Crippen LogP contribution in [0.4, 0.5) is 0 Å². The van der Waals surface area contributed by atoms with E-state index in [1.165, 1.54) is 24.0 Å². The minimum atomic E-state index is 0.632. The molecule has 0 amide bonds. The van der Waals surface area contributed by atoms with E-state index in [4.69, 9.17) is 4.74 Å². The Balaban J connectivity index is 1.73. The Labute approximate surface area is 120 Å². The summed E-state index contributed by atoms with van der Waals surface area (Å²) in [4.78, 5) is 0. The summed E-state index contributed by atoms with van der Waals surface area (Å²) in [6.45, 7) is 3.03. The summed E-state index contributed by atoms with van der Waals surface area (Å²) in [6.07, 6.45) is 2.52. The summed E-state index contributed by atoms with van der Waals surface area (Å²) < 4.78 is 6.09. The van der Waals surface area contributed by atoms with Gasteiger partial charge in [-0.1, -0.05) is 48.5 Å². The van der Waals surface area contributed by atoms with Crippen molar-refractivity contribution in [3.05, 3.63) is 54.6 Å². The van der Waals surface area contributed by atoms with Gasteiger partial charge in [-0.15, -0.1) is 0 Å². The van der Waals surface area contributed by atoms with E-state index >= 15 is 0 Å². The van der Waals surface area contributed by atoms with E-state index in [2.05, 4.69) is 47.8 Å². The molecule has 0 saturated carbocycles. The molecule has 1 aliphatic heterocycles. The van der Waals surface area contributed by atoms with E-state index in [1.54, 1.807) is 0 Å². The van der Waals surface area contributed by atoms with Crippen LogP contribution in [0.1, 0.15) is 12.8 Å². The van der Waals surface area contributed by atoms with Crippen molar-refractivity contribution in [1.82, 2.24) is 5.32 Å². The predicted octanol–water partition coefficient (Wildman–Crippen LogP) is 3.73. The SMILES string of the molecule is c1ccc(-c2ccccc2OC[C@@H]2CCCNC2)cc1. The summed E-state index contributed by atoms with van der Waals surface area (Å²) >= 11 is 0. The largest absolute Gasteiger partial charge is 0.493 e. The number of ether oxygens (including phenoxy) is 1. The van der Waals surface area contributed by atoms with Crippen LogP contribution in [0, 0.1) is 5.92 Å². The topological polar surface area (TPSA) is 21.3 Å². The second kappa shape index (κ2) is 6.58. The van der Waals surface area contributed by atoms with Crippen molar-refractivity contribution in [3.8, 4) is 16.9 Å². The molecule has 3 rings (SSSR count). The van der Waals surface area contributed by atoms with Crippen molar-refractivity contribution in [3.63, 3.8) is 0 Å². The zero-order valence-corrected chi connectivity index (χ0v) is 11.7. The number of hydrogen-bond donors (Lipinski definition) is 1. The number of benzene rings is 2. The van der Waals surface area contributed by atoms with Crippen LogP contribution in [0.5, 0.6) is 5.75 Å². The minimum Gasteiger partial charge on any atom is -0.493 e. The summed E-state index contributed by atoms with van der Waals surface area (Å²) in [5, 5.41) is 3.44. The highest BCUT2D eigenvalue weighted by Crippen LogP contribution is 2.30. The molecule has 0 unspecified atom stereocenters. The third-order valence-corrected chi connectivity index (χ3v) is 3.85. The Kier molecular flexibility index (Phi) is 4.34. The first kappa shape index (κ1) is 13.2. The van der Waals surface area contributed by atoms with Gasteiger partial charge in [-0.05, 0) is 31.0 Å². The van der Waals surface area contributed by atoms with E-state index in [0.717, 1.165) is 25.4 Å². The third-order valence-electron chi connectivity index (χ3n) is 3.85. The Morgan fingerprint density at radius 3 is 2.60 bits per heavy atom. The van der Waals surface area contributed by atoms with Gasteiger partial charge in [0.05, 0.1) is 6.61 Å². The molecule has 1 fully saturated rings. The Morgan fingerprint density at radius 2 is 1.80 bits per heavy atom. The van der Waals surface area contributed by atoms with Gasteiger partial charge < -0.3 is 10.1 Å². The molecule has 1 atom stereocenters. The second-order valence-electron chi connectivity index (χ2n) is 5.39. The molecule has 2 aromatic rings. The normalized spacial score (nSPS) is 18.7. The standard InChI is InChI=1S/C18H21NO/c1-2-8-16(9-3-1)17-10-4-5-11-18(17)20-14-15-7-6-12-19-13-15/h1-5,8-11,15,19H,6-7,12-14H2/t15-/m1/s1. The van der Waals surface area contributed by atoms with Gasteiger partial charge in [0, 0.05) is 18.0 Å². The fourth-order valence-electron chi connectivity index (χ4n) is 2.72. The summed E-state index contributed by atoms with van der Waals surface area (Å²) in [5.74, 6) is 1.62. The van der Waals surface area contributed by atoms with Gasteiger partial charge in [-0.3, -0.25) is 0 Å². The monoisotopic (exact) mass is 267 g/mol. The number of piperidine rings is 1. The molecule has 1 heterocycles. The van der Waals surface area contributed by atoms with E-state index in [1.807, 2.05) is 12.1 Å². The number of nitrogens with one attached hydrogen (secondary N) is 1. The average molecular weight is 267 g/mol. The summed E-state index contributed by atoms with van der Waals surface area (Å²) in [7, 11) is 0. The molecule has 2 aromatic carbocycles. The first-order valence-electron chi connectivity index (χ1n) is 7.41. The highest BCUT2D eigenvalue weighted by molar-refractivity contribution is 5.70. The Morgan fingerprint density at radius 1 is 1.00 bits per heavy atom. The molecular weight excluding hydrogens is 246 g/mol. The van der Waals surface area contributed by atoms with Crippen molar-refractivity contribution in [1.29, 1.82) is 0 Å². The van der Waals surface area contributed by atoms with Gasteiger partial charge in [0.25, 0.3) is 0 Å². The van der Waals surface area contributed by atoms with Crippen LogP contribution in [0.25, 0.3) is 11.1 Å². The number of para-hydroxylation sites is 1. The molecule has 0 aliphatic carbocycles. The maximum atomic E-state index is 6.09. The zero-order valence-electron chi connectivity index (χ0n) is 11.7. The summed E-state index contributed by atoms with van der Waals surface area (Å²) in [5.41, 5.74) is 2.39. The maximum absolute atomic E-state index is 6.09.